The average Bonchev–Trinajstić information content (AvgIpc) is 2.91. The molecule has 37 heavy (non-hydrogen) atoms. The molecular formula is C28H23N5O3S. The maximum atomic E-state index is 13.2. The summed E-state index contributed by atoms with van der Waals surface area (Å²) < 4.78 is 29.0. The Labute approximate surface area is 213 Å². The van der Waals surface area contributed by atoms with Crippen LogP contribution in [0.4, 0.5) is 5.69 Å². The van der Waals surface area contributed by atoms with E-state index in [1.54, 1.807) is 60.8 Å². The third-order valence-corrected chi connectivity index (χ3v) is 7.39. The minimum atomic E-state index is -3.90. The van der Waals surface area contributed by atoms with Crippen LogP contribution in [-0.4, -0.2) is 25.1 Å². The predicted octanol–water partition coefficient (Wildman–Crippen LogP) is 4.40. The van der Waals surface area contributed by atoms with Gasteiger partial charge in [-0.3, -0.25) is 19.9 Å². The second kappa shape index (κ2) is 9.71. The first-order chi connectivity index (χ1) is 17.8. The summed E-state index contributed by atoms with van der Waals surface area (Å²) in [6.45, 7) is 0.310. The van der Waals surface area contributed by atoms with Gasteiger partial charge in [0.15, 0.2) is 0 Å². The van der Waals surface area contributed by atoms with E-state index in [-0.39, 0.29) is 16.6 Å². The minimum absolute atomic E-state index is 0.0122. The molecule has 5 aromatic rings. The number of nitrogen functional groups attached to an aromatic ring is 1. The minimum Gasteiger partial charge on any atom is -0.384 e. The molecule has 5 N–H and O–H groups in total. The van der Waals surface area contributed by atoms with E-state index in [0.29, 0.717) is 34.3 Å². The predicted molar refractivity (Wildman–Crippen MR) is 145 cm³/mol. The van der Waals surface area contributed by atoms with Gasteiger partial charge in [-0.2, -0.15) is 0 Å². The summed E-state index contributed by atoms with van der Waals surface area (Å²) >= 11 is 0. The molecule has 9 heteroatoms. The fourth-order valence-electron chi connectivity index (χ4n) is 4.13. The monoisotopic (exact) mass is 509 g/mol. The summed E-state index contributed by atoms with van der Waals surface area (Å²) in [5, 5.41) is 12.5. The lowest BCUT2D eigenvalue weighted by atomic mass is 10.0. The Bertz CT molecular complexity index is 1760. The lowest BCUT2D eigenvalue weighted by Crippen LogP contribution is -2.23. The Morgan fingerprint density at radius 3 is 2.41 bits per heavy atom. The molecule has 0 atom stereocenters. The molecule has 1 amide bonds. The van der Waals surface area contributed by atoms with Crippen LogP contribution in [0.3, 0.4) is 0 Å². The zero-order valence-corrected chi connectivity index (χ0v) is 20.4. The van der Waals surface area contributed by atoms with Crippen LogP contribution >= 0.6 is 0 Å². The first kappa shape index (κ1) is 24.0. The summed E-state index contributed by atoms with van der Waals surface area (Å²) in [5.41, 5.74) is 8.23. The standard InChI is InChI=1S/C28H23N5O3S/c29-27(30)20-11-9-18(10-12-20)17-32-28(34)24-7-1-5-21-16-22(13-14-23(21)24)33-37(35,36)25-8-2-4-19-6-3-15-31-26(19)25/h1-16,33H,17H2,(H3,29,30)(H,32,34). The van der Waals surface area contributed by atoms with Crippen molar-refractivity contribution in [3.8, 4) is 0 Å². The zero-order chi connectivity index (χ0) is 26.0. The molecule has 0 saturated carbocycles. The number of rotatable bonds is 7. The molecule has 0 fully saturated rings. The molecule has 0 saturated heterocycles. The molecule has 1 heterocycles. The number of sulfonamides is 1. The molecule has 1 aromatic heterocycles. The van der Waals surface area contributed by atoms with Crippen molar-refractivity contribution in [2.45, 2.75) is 11.4 Å². The van der Waals surface area contributed by atoms with Crippen LogP contribution < -0.4 is 15.8 Å². The summed E-state index contributed by atoms with van der Waals surface area (Å²) in [5.74, 6) is -0.266. The topological polar surface area (TPSA) is 138 Å². The van der Waals surface area contributed by atoms with Gasteiger partial charge in [-0.05, 0) is 46.7 Å². The van der Waals surface area contributed by atoms with Crippen molar-refractivity contribution < 1.29 is 13.2 Å². The van der Waals surface area contributed by atoms with Crippen LogP contribution in [0.2, 0.25) is 0 Å². The SMILES string of the molecule is N=C(N)c1ccc(CNC(=O)c2cccc3cc(NS(=O)(=O)c4cccc5cccnc45)ccc23)cc1. The van der Waals surface area contributed by atoms with Crippen molar-refractivity contribution in [1.29, 1.82) is 5.41 Å². The number of hydrogen-bond acceptors (Lipinski definition) is 5. The van der Waals surface area contributed by atoms with Gasteiger partial charge < -0.3 is 11.1 Å². The number of anilines is 1. The van der Waals surface area contributed by atoms with Gasteiger partial charge in [0.2, 0.25) is 0 Å². The van der Waals surface area contributed by atoms with Crippen molar-refractivity contribution in [3.63, 3.8) is 0 Å². The van der Waals surface area contributed by atoms with Crippen LogP contribution in [0.5, 0.6) is 0 Å². The second-order valence-corrected chi connectivity index (χ2v) is 10.1. The molecule has 0 radical (unpaired) electrons. The highest BCUT2D eigenvalue weighted by molar-refractivity contribution is 7.93. The van der Waals surface area contributed by atoms with Gasteiger partial charge in [0.25, 0.3) is 15.9 Å². The van der Waals surface area contributed by atoms with Crippen molar-refractivity contribution in [2.75, 3.05) is 4.72 Å². The van der Waals surface area contributed by atoms with Gasteiger partial charge in [-0.25, -0.2) is 8.42 Å². The van der Waals surface area contributed by atoms with Crippen LogP contribution in [0, 0.1) is 5.41 Å². The van der Waals surface area contributed by atoms with E-state index in [1.807, 2.05) is 30.3 Å². The number of pyridine rings is 1. The fourth-order valence-corrected chi connectivity index (χ4v) is 5.36. The first-order valence-corrected chi connectivity index (χ1v) is 12.9. The summed E-state index contributed by atoms with van der Waals surface area (Å²) in [7, 11) is -3.90. The molecule has 5 rings (SSSR count). The van der Waals surface area contributed by atoms with E-state index in [9.17, 15) is 13.2 Å². The lowest BCUT2D eigenvalue weighted by Gasteiger charge is -2.12. The largest absolute Gasteiger partial charge is 0.384 e. The third kappa shape index (κ3) is 4.98. The fraction of sp³-hybridized carbons (Fsp3) is 0.0357. The third-order valence-electron chi connectivity index (χ3n) is 5.98. The average molecular weight is 510 g/mol. The number of carbonyl (C=O) groups is 1. The molecule has 0 unspecified atom stereocenters. The number of nitrogens with two attached hydrogens (primary N) is 1. The van der Waals surface area contributed by atoms with E-state index >= 15 is 0 Å². The highest BCUT2D eigenvalue weighted by atomic mass is 32.2. The van der Waals surface area contributed by atoms with E-state index in [0.717, 1.165) is 16.3 Å². The zero-order valence-electron chi connectivity index (χ0n) is 19.6. The molecular weight excluding hydrogens is 486 g/mol. The number of nitrogens with zero attached hydrogens (tertiary/aromatic N) is 1. The van der Waals surface area contributed by atoms with Crippen molar-refractivity contribution in [2.24, 2.45) is 5.73 Å². The van der Waals surface area contributed by atoms with E-state index in [2.05, 4.69) is 15.0 Å². The first-order valence-electron chi connectivity index (χ1n) is 11.4. The lowest BCUT2D eigenvalue weighted by molar-refractivity contribution is 0.0952. The number of amidine groups is 1. The number of benzene rings is 4. The van der Waals surface area contributed by atoms with Gasteiger partial charge in [0.05, 0.1) is 5.52 Å². The van der Waals surface area contributed by atoms with Gasteiger partial charge in [0.1, 0.15) is 10.7 Å². The second-order valence-electron chi connectivity index (χ2n) is 8.47. The van der Waals surface area contributed by atoms with Crippen LogP contribution in [-0.2, 0) is 16.6 Å². The van der Waals surface area contributed by atoms with Gasteiger partial charge >= 0.3 is 0 Å². The maximum Gasteiger partial charge on any atom is 0.264 e. The highest BCUT2D eigenvalue weighted by Crippen LogP contribution is 2.27. The molecule has 0 aliphatic rings. The molecule has 4 aromatic carbocycles. The highest BCUT2D eigenvalue weighted by Gasteiger charge is 2.19. The van der Waals surface area contributed by atoms with Gasteiger partial charge in [0, 0.05) is 34.9 Å². The molecule has 0 spiro atoms. The van der Waals surface area contributed by atoms with Crippen LogP contribution in [0.1, 0.15) is 21.5 Å². The van der Waals surface area contributed by atoms with Gasteiger partial charge in [-0.15, -0.1) is 0 Å². The van der Waals surface area contributed by atoms with Gasteiger partial charge in [-0.1, -0.05) is 60.7 Å². The number of carbonyl (C=O) groups excluding carboxylic acids is 1. The van der Waals surface area contributed by atoms with Crippen molar-refractivity contribution >= 4 is 49.1 Å². The Hall–Kier alpha value is -4.76. The summed E-state index contributed by atoms with van der Waals surface area (Å²) in [6.07, 6.45) is 1.56. The molecule has 8 nitrogen and oxygen atoms in total. The molecule has 0 aliphatic heterocycles. The molecule has 184 valence electrons. The number of para-hydroxylation sites is 1. The number of nitrogens with one attached hydrogen (secondary N) is 3. The molecule has 0 aliphatic carbocycles. The van der Waals surface area contributed by atoms with E-state index < -0.39 is 10.0 Å². The van der Waals surface area contributed by atoms with Crippen LogP contribution in [0.25, 0.3) is 21.7 Å². The normalized spacial score (nSPS) is 11.4. The molecule has 0 bridgehead atoms. The summed E-state index contributed by atoms with van der Waals surface area (Å²) in [6, 6.07) is 26.0. The Morgan fingerprint density at radius 2 is 1.62 bits per heavy atom. The number of fused-ring (bicyclic) bond motifs is 2. The maximum absolute atomic E-state index is 13.2. The van der Waals surface area contributed by atoms with Crippen LogP contribution in [0.15, 0.2) is 102 Å². The number of aromatic nitrogens is 1. The van der Waals surface area contributed by atoms with Crippen molar-refractivity contribution in [3.05, 3.63) is 114 Å². The number of hydrogen-bond donors (Lipinski definition) is 4. The van der Waals surface area contributed by atoms with E-state index in [1.165, 1.54) is 6.07 Å². The Balaban J connectivity index is 1.37. The quantitative estimate of drug-likeness (QED) is 0.190. The van der Waals surface area contributed by atoms with Crippen molar-refractivity contribution in [1.82, 2.24) is 10.3 Å². The van der Waals surface area contributed by atoms with E-state index in [4.69, 9.17) is 11.1 Å². The Morgan fingerprint density at radius 1 is 0.892 bits per heavy atom. The number of amides is 1. The summed E-state index contributed by atoms with van der Waals surface area (Å²) in [4.78, 5) is 17.3. The Kier molecular flexibility index (Phi) is 6.29. The smallest absolute Gasteiger partial charge is 0.264 e.